The lowest BCUT2D eigenvalue weighted by molar-refractivity contribution is -0.131. The molecule has 1 rings (SSSR count). The van der Waals surface area contributed by atoms with Gasteiger partial charge in [0, 0.05) is 11.8 Å². The van der Waals surface area contributed by atoms with Crippen LogP contribution in [0.3, 0.4) is 0 Å². The summed E-state index contributed by atoms with van der Waals surface area (Å²) >= 11 is 1.82. The highest BCUT2D eigenvalue weighted by molar-refractivity contribution is 7.99. The van der Waals surface area contributed by atoms with Gasteiger partial charge in [-0.25, -0.2) is 0 Å². The fourth-order valence-corrected chi connectivity index (χ4v) is 2.56. The Morgan fingerprint density at radius 2 is 1.82 bits per heavy atom. The summed E-state index contributed by atoms with van der Waals surface area (Å²) in [5, 5.41) is 3.98. The number of carbonyl (C=O) groups excluding carboxylic acids is 1. The Morgan fingerprint density at radius 3 is 2.24 bits per heavy atom. The van der Waals surface area contributed by atoms with Crippen molar-refractivity contribution < 1.29 is 4.79 Å². The van der Waals surface area contributed by atoms with Gasteiger partial charge in [-0.2, -0.15) is 11.8 Å². The van der Waals surface area contributed by atoms with Crippen molar-refractivity contribution in [2.45, 2.75) is 52.1 Å². The fraction of sp³-hybridized carbons (Fsp3) is 0.923. The summed E-state index contributed by atoms with van der Waals surface area (Å²) in [5.41, 5.74) is 0. The summed E-state index contributed by atoms with van der Waals surface area (Å²) in [4.78, 5) is 14.4. The second-order valence-corrected chi connectivity index (χ2v) is 6.89. The van der Waals surface area contributed by atoms with Gasteiger partial charge in [-0.15, -0.1) is 0 Å². The third-order valence-electron chi connectivity index (χ3n) is 3.39. The Bertz CT molecular complexity index is 268. The standard InChI is InChI=1S/C13H26N2OS/c1-8(2)11-13(16)15(7-10(5)17-6)12(14-11)9(3)4/h8-12,14H,7H2,1-6H3. The zero-order valence-electron chi connectivity index (χ0n) is 11.9. The third-order valence-corrected chi connectivity index (χ3v) is 4.34. The maximum Gasteiger partial charge on any atom is 0.241 e. The minimum Gasteiger partial charge on any atom is -0.324 e. The van der Waals surface area contributed by atoms with Crippen LogP contribution in [-0.2, 0) is 4.79 Å². The van der Waals surface area contributed by atoms with E-state index in [4.69, 9.17) is 0 Å². The lowest BCUT2D eigenvalue weighted by Crippen LogP contribution is -2.44. The topological polar surface area (TPSA) is 32.3 Å². The molecule has 1 saturated heterocycles. The van der Waals surface area contributed by atoms with Crippen LogP contribution in [0.2, 0.25) is 0 Å². The summed E-state index contributed by atoms with van der Waals surface area (Å²) in [6.45, 7) is 11.6. The van der Waals surface area contributed by atoms with Gasteiger partial charge in [-0.3, -0.25) is 10.1 Å². The fourth-order valence-electron chi connectivity index (χ4n) is 2.25. The minimum absolute atomic E-state index is 0.00328. The molecule has 3 unspecified atom stereocenters. The average molecular weight is 258 g/mol. The maximum absolute atomic E-state index is 12.4. The molecule has 4 heteroatoms. The van der Waals surface area contributed by atoms with Crippen LogP contribution in [0.25, 0.3) is 0 Å². The molecule has 17 heavy (non-hydrogen) atoms. The Kier molecular flexibility index (Phi) is 5.32. The molecule has 100 valence electrons. The van der Waals surface area contributed by atoms with E-state index in [0.29, 0.717) is 17.1 Å². The maximum atomic E-state index is 12.4. The molecule has 3 atom stereocenters. The smallest absolute Gasteiger partial charge is 0.241 e. The molecular formula is C13H26N2OS. The Balaban J connectivity index is 2.79. The lowest BCUT2D eigenvalue weighted by atomic mass is 10.0. The number of thioether (sulfide) groups is 1. The molecule has 1 aliphatic heterocycles. The van der Waals surface area contributed by atoms with Crippen molar-refractivity contribution in [2.24, 2.45) is 11.8 Å². The molecule has 1 amide bonds. The SMILES string of the molecule is CSC(C)CN1C(=O)C(C(C)C)NC1C(C)C. The van der Waals surface area contributed by atoms with Crippen molar-refractivity contribution in [3.8, 4) is 0 Å². The first-order chi connectivity index (χ1) is 7.88. The number of carbonyl (C=O) groups is 1. The van der Waals surface area contributed by atoms with Gasteiger partial charge in [-0.05, 0) is 18.1 Å². The third kappa shape index (κ3) is 3.38. The van der Waals surface area contributed by atoms with Crippen LogP contribution in [0.4, 0.5) is 0 Å². The summed E-state index contributed by atoms with van der Waals surface area (Å²) in [5.74, 6) is 1.09. The summed E-state index contributed by atoms with van der Waals surface area (Å²) in [6.07, 6.45) is 2.30. The number of amides is 1. The molecule has 0 aromatic rings. The molecular weight excluding hydrogens is 232 g/mol. The molecule has 0 aliphatic carbocycles. The Morgan fingerprint density at radius 1 is 1.24 bits per heavy atom. The van der Waals surface area contributed by atoms with Gasteiger partial charge < -0.3 is 4.90 Å². The van der Waals surface area contributed by atoms with E-state index in [1.54, 1.807) is 0 Å². The number of hydrogen-bond donors (Lipinski definition) is 1. The molecule has 0 bridgehead atoms. The van der Waals surface area contributed by atoms with Gasteiger partial charge in [0.05, 0.1) is 12.2 Å². The molecule has 1 N–H and O–H groups in total. The van der Waals surface area contributed by atoms with E-state index in [9.17, 15) is 4.79 Å². The monoisotopic (exact) mass is 258 g/mol. The Hall–Kier alpha value is -0.220. The van der Waals surface area contributed by atoms with Crippen molar-refractivity contribution in [2.75, 3.05) is 12.8 Å². The molecule has 0 saturated carbocycles. The molecule has 1 aliphatic rings. The van der Waals surface area contributed by atoms with E-state index < -0.39 is 0 Å². The van der Waals surface area contributed by atoms with Crippen LogP contribution in [0.15, 0.2) is 0 Å². The van der Waals surface area contributed by atoms with Crippen molar-refractivity contribution in [3.63, 3.8) is 0 Å². The zero-order valence-corrected chi connectivity index (χ0v) is 12.7. The summed E-state index contributed by atoms with van der Waals surface area (Å²) in [6, 6.07) is -0.00328. The minimum atomic E-state index is -0.00328. The molecule has 0 spiro atoms. The van der Waals surface area contributed by atoms with Crippen LogP contribution >= 0.6 is 11.8 Å². The van der Waals surface area contributed by atoms with Crippen molar-refractivity contribution in [3.05, 3.63) is 0 Å². The largest absolute Gasteiger partial charge is 0.324 e. The highest BCUT2D eigenvalue weighted by Crippen LogP contribution is 2.23. The first kappa shape index (κ1) is 14.8. The predicted octanol–water partition coefficient (Wildman–Crippen LogP) is 2.18. The number of nitrogens with zero attached hydrogens (tertiary/aromatic N) is 1. The van der Waals surface area contributed by atoms with E-state index in [-0.39, 0.29) is 18.1 Å². The molecule has 1 heterocycles. The zero-order chi connectivity index (χ0) is 13.2. The van der Waals surface area contributed by atoms with Gasteiger partial charge in [0.2, 0.25) is 5.91 Å². The average Bonchev–Trinajstić information content (AvgIpc) is 2.56. The van der Waals surface area contributed by atoms with Gasteiger partial charge in [0.25, 0.3) is 0 Å². The van der Waals surface area contributed by atoms with E-state index in [0.717, 1.165) is 6.54 Å². The molecule has 0 radical (unpaired) electrons. The van der Waals surface area contributed by atoms with E-state index in [1.807, 2.05) is 16.7 Å². The van der Waals surface area contributed by atoms with Gasteiger partial charge in [0.15, 0.2) is 0 Å². The molecule has 3 nitrogen and oxygen atoms in total. The molecule has 0 aromatic heterocycles. The predicted molar refractivity (Wildman–Crippen MR) is 75.1 cm³/mol. The van der Waals surface area contributed by atoms with Crippen molar-refractivity contribution in [1.29, 1.82) is 0 Å². The van der Waals surface area contributed by atoms with Gasteiger partial charge in [-0.1, -0.05) is 34.6 Å². The molecule has 0 aromatic carbocycles. The highest BCUT2D eigenvalue weighted by atomic mass is 32.2. The number of rotatable bonds is 5. The normalized spacial score (nSPS) is 27.3. The quantitative estimate of drug-likeness (QED) is 0.820. The van der Waals surface area contributed by atoms with E-state index in [2.05, 4.69) is 46.2 Å². The van der Waals surface area contributed by atoms with E-state index >= 15 is 0 Å². The molecule has 1 fully saturated rings. The number of hydrogen-bond acceptors (Lipinski definition) is 3. The summed E-state index contributed by atoms with van der Waals surface area (Å²) in [7, 11) is 0. The van der Waals surface area contributed by atoms with Crippen LogP contribution in [0, 0.1) is 11.8 Å². The Labute approximate surface area is 110 Å². The first-order valence-electron chi connectivity index (χ1n) is 6.47. The van der Waals surface area contributed by atoms with Crippen molar-refractivity contribution in [1.82, 2.24) is 10.2 Å². The van der Waals surface area contributed by atoms with Crippen LogP contribution in [0.1, 0.15) is 34.6 Å². The van der Waals surface area contributed by atoms with E-state index in [1.165, 1.54) is 0 Å². The van der Waals surface area contributed by atoms with Gasteiger partial charge in [0.1, 0.15) is 0 Å². The highest BCUT2D eigenvalue weighted by Gasteiger charge is 2.41. The number of nitrogens with one attached hydrogen (secondary N) is 1. The summed E-state index contributed by atoms with van der Waals surface area (Å²) < 4.78 is 0. The van der Waals surface area contributed by atoms with Gasteiger partial charge >= 0.3 is 0 Å². The second kappa shape index (κ2) is 6.10. The lowest BCUT2D eigenvalue weighted by Gasteiger charge is -2.29. The van der Waals surface area contributed by atoms with Crippen LogP contribution in [0.5, 0.6) is 0 Å². The second-order valence-electron chi connectivity index (χ2n) is 5.61. The van der Waals surface area contributed by atoms with Crippen LogP contribution < -0.4 is 5.32 Å². The van der Waals surface area contributed by atoms with Crippen LogP contribution in [-0.4, -0.2) is 41.1 Å². The first-order valence-corrected chi connectivity index (χ1v) is 7.76. The van der Waals surface area contributed by atoms with Crippen molar-refractivity contribution >= 4 is 17.7 Å².